The normalized spacial score (nSPS) is 10.5. The standard InChI is InChI=1S/C17H12N4O5S/c22-14(10-1-3-11(4-2-10)15(23)24)9-27-17-18-19-20-21(17)13-7-5-12(6-8-13)16(25)26/h1-8H,9H2,(H,23,24)(H,25,26). The summed E-state index contributed by atoms with van der Waals surface area (Å²) in [5.41, 5.74) is 1.19. The number of carboxylic acid groups (broad SMARTS) is 2. The van der Waals surface area contributed by atoms with E-state index in [0.29, 0.717) is 16.4 Å². The van der Waals surface area contributed by atoms with Crippen molar-refractivity contribution in [1.29, 1.82) is 0 Å². The number of carboxylic acids is 2. The molecule has 1 aromatic heterocycles. The Balaban J connectivity index is 1.70. The Hall–Kier alpha value is -3.53. The molecule has 0 bridgehead atoms. The second kappa shape index (κ2) is 7.79. The summed E-state index contributed by atoms with van der Waals surface area (Å²) in [5, 5.41) is 29.5. The fraction of sp³-hybridized carbons (Fsp3) is 0.0588. The average Bonchev–Trinajstić information content (AvgIpc) is 3.14. The number of benzene rings is 2. The van der Waals surface area contributed by atoms with E-state index in [1.165, 1.54) is 41.1 Å². The molecule has 1 heterocycles. The predicted octanol–water partition coefficient (Wildman–Crippen LogP) is 2.03. The monoisotopic (exact) mass is 384 g/mol. The summed E-state index contributed by atoms with van der Waals surface area (Å²) in [5.74, 6) is -2.24. The molecule has 27 heavy (non-hydrogen) atoms. The van der Waals surface area contributed by atoms with Crippen molar-refractivity contribution in [2.45, 2.75) is 5.16 Å². The highest BCUT2D eigenvalue weighted by Gasteiger charge is 2.14. The van der Waals surface area contributed by atoms with Crippen molar-refractivity contribution in [2.24, 2.45) is 0 Å². The zero-order valence-corrected chi connectivity index (χ0v) is 14.5. The van der Waals surface area contributed by atoms with E-state index < -0.39 is 11.9 Å². The first kappa shape index (κ1) is 18.3. The molecule has 10 heteroatoms. The summed E-state index contributed by atoms with van der Waals surface area (Å²) in [6.45, 7) is 0. The molecule has 136 valence electrons. The van der Waals surface area contributed by atoms with Gasteiger partial charge in [0.1, 0.15) is 0 Å². The van der Waals surface area contributed by atoms with E-state index in [1.807, 2.05) is 0 Å². The molecule has 3 rings (SSSR count). The van der Waals surface area contributed by atoms with Crippen LogP contribution in [-0.4, -0.2) is 53.9 Å². The molecule has 2 aromatic carbocycles. The zero-order valence-electron chi connectivity index (χ0n) is 13.6. The van der Waals surface area contributed by atoms with Gasteiger partial charge in [0.05, 0.1) is 22.6 Å². The number of aromatic carboxylic acids is 2. The molecular weight excluding hydrogens is 372 g/mol. The number of ketones is 1. The van der Waals surface area contributed by atoms with Crippen molar-refractivity contribution in [3.8, 4) is 5.69 Å². The summed E-state index contributed by atoms with van der Waals surface area (Å²) >= 11 is 1.12. The van der Waals surface area contributed by atoms with Gasteiger partial charge in [-0.25, -0.2) is 9.59 Å². The molecular formula is C17H12N4O5S. The van der Waals surface area contributed by atoms with E-state index in [-0.39, 0.29) is 22.7 Å². The second-order valence-corrected chi connectivity index (χ2v) is 6.26. The average molecular weight is 384 g/mol. The van der Waals surface area contributed by atoms with Crippen LogP contribution in [-0.2, 0) is 0 Å². The number of tetrazole rings is 1. The Morgan fingerprint density at radius 2 is 1.37 bits per heavy atom. The number of carbonyl (C=O) groups excluding carboxylic acids is 1. The van der Waals surface area contributed by atoms with Crippen LogP contribution < -0.4 is 0 Å². The van der Waals surface area contributed by atoms with Gasteiger partial charge in [0, 0.05) is 5.56 Å². The highest BCUT2D eigenvalue weighted by atomic mass is 32.2. The van der Waals surface area contributed by atoms with Gasteiger partial charge in [-0.05, 0) is 46.8 Å². The number of rotatable bonds is 7. The zero-order chi connectivity index (χ0) is 19.4. The maximum absolute atomic E-state index is 12.3. The third kappa shape index (κ3) is 4.18. The van der Waals surface area contributed by atoms with Gasteiger partial charge < -0.3 is 10.2 Å². The summed E-state index contributed by atoms with van der Waals surface area (Å²) in [4.78, 5) is 34.0. The van der Waals surface area contributed by atoms with Crippen LogP contribution in [0.25, 0.3) is 5.69 Å². The molecule has 0 aliphatic rings. The largest absolute Gasteiger partial charge is 0.478 e. The van der Waals surface area contributed by atoms with Crippen molar-refractivity contribution < 1.29 is 24.6 Å². The van der Waals surface area contributed by atoms with Gasteiger partial charge in [0.15, 0.2) is 5.78 Å². The minimum absolute atomic E-state index is 0.0556. The maximum Gasteiger partial charge on any atom is 0.335 e. The molecule has 2 N–H and O–H groups in total. The Kier molecular flexibility index (Phi) is 5.27. The molecule has 0 saturated heterocycles. The number of thioether (sulfide) groups is 1. The highest BCUT2D eigenvalue weighted by Crippen LogP contribution is 2.20. The summed E-state index contributed by atoms with van der Waals surface area (Å²) in [6.07, 6.45) is 0. The summed E-state index contributed by atoms with van der Waals surface area (Å²) in [7, 11) is 0. The van der Waals surface area contributed by atoms with Crippen molar-refractivity contribution in [3.05, 3.63) is 65.2 Å². The molecule has 3 aromatic rings. The van der Waals surface area contributed by atoms with Gasteiger partial charge in [-0.15, -0.1) is 5.10 Å². The number of hydrogen-bond donors (Lipinski definition) is 2. The number of carbonyl (C=O) groups is 3. The van der Waals surface area contributed by atoms with Crippen LogP contribution in [0, 0.1) is 0 Å². The van der Waals surface area contributed by atoms with Crippen LogP contribution in [0.3, 0.4) is 0 Å². The number of Topliss-reactive ketones (excluding diaryl/α,β-unsaturated/α-hetero) is 1. The van der Waals surface area contributed by atoms with Crippen LogP contribution in [0.4, 0.5) is 0 Å². The van der Waals surface area contributed by atoms with Gasteiger partial charge in [-0.1, -0.05) is 23.9 Å². The second-order valence-electron chi connectivity index (χ2n) is 5.32. The van der Waals surface area contributed by atoms with Crippen LogP contribution in [0.5, 0.6) is 0 Å². The van der Waals surface area contributed by atoms with E-state index in [0.717, 1.165) is 11.8 Å². The molecule has 0 fully saturated rings. The molecule has 0 spiro atoms. The predicted molar refractivity (Wildman–Crippen MR) is 94.6 cm³/mol. The SMILES string of the molecule is O=C(O)c1ccc(C(=O)CSc2nnnn2-c2ccc(C(=O)O)cc2)cc1. The highest BCUT2D eigenvalue weighted by molar-refractivity contribution is 7.99. The lowest BCUT2D eigenvalue weighted by atomic mass is 10.1. The topological polar surface area (TPSA) is 135 Å². The molecule has 0 unspecified atom stereocenters. The van der Waals surface area contributed by atoms with E-state index in [2.05, 4.69) is 15.5 Å². The molecule has 0 radical (unpaired) electrons. The third-order valence-electron chi connectivity index (χ3n) is 3.59. The van der Waals surface area contributed by atoms with Crippen molar-refractivity contribution in [1.82, 2.24) is 20.2 Å². The maximum atomic E-state index is 12.3. The van der Waals surface area contributed by atoms with Crippen LogP contribution >= 0.6 is 11.8 Å². The van der Waals surface area contributed by atoms with E-state index in [1.54, 1.807) is 12.1 Å². The number of nitrogens with zero attached hydrogens (tertiary/aromatic N) is 4. The number of aromatic nitrogens is 4. The molecule has 9 nitrogen and oxygen atoms in total. The molecule has 0 atom stereocenters. The lowest BCUT2D eigenvalue weighted by molar-refractivity contribution is 0.0686. The van der Waals surface area contributed by atoms with Crippen LogP contribution in [0.2, 0.25) is 0 Å². The first-order valence-electron chi connectivity index (χ1n) is 7.57. The lowest BCUT2D eigenvalue weighted by Crippen LogP contribution is -2.06. The fourth-order valence-electron chi connectivity index (χ4n) is 2.19. The molecule has 0 aliphatic heterocycles. The van der Waals surface area contributed by atoms with Gasteiger partial charge in [0.25, 0.3) is 0 Å². The smallest absolute Gasteiger partial charge is 0.335 e. The lowest BCUT2D eigenvalue weighted by Gasteiger charge is -2.05. The Morgan fingerprint density at radius 1 is 0.852 bits per heavy atom. The Bertz CT molecular complexity index is 999. The summed E-state index contributed by atoms with van der Waals surface area (Å²) < 4.78 is 1.40. The van der Waals surface area contributed by atoms with E-state index >= 15 is 0 Å². The van der Waals surface area contributed by atoms with Crippen LogP contribution in [0.1, 0.15) is 31.1 Å². The quantitative estimate of drug-likeness (QED) is 0.463. The summed E-state index contributed by atoms with van der Waals surface area (Å²) in [6, 6.07) is 11.7. The Morgan fingerprint density at radius 3 is 1.93 bits per heavy atom. The minimum atomic E-state index is -1.06. The third-order valence-corrected chi connectivity index (χ3v) is 4.51. The van der Waals surface area contributed by atoms with Crippen molar-refractivity contribution in [2.75, 3.05) is 5.75 Å². The first-order chi connectivity index (χ1) is 13.0. The van der Waals surface area contributed by atoms with Crippen LogP contribution in [0.15, 0.2) is 53.7 Å². The van der Waals surface area contributed by atoms with Crippen molar-refractivity contribution in [3.63, 3.8) is 0 Å². The molecule has 0 saturated carbocycles. The number of hydrogen-bond acceptors (Lipinski definition) is 7. The van der Waals surface area contributed by atoms with Gasteiger partial charge in [-0.3, -0.25) is 4.79 Å². The van der Waals surface area contributed by atoms with E-state index in [9.17, 15) is 14.4 Å². The van der Waals surface area contributed by atoms with Gasteiger partial charge >= 0.3 is 11.9 Å². The Labute approximate surface area is 156 Å². The van der Waals surface area contributed by atoms with Crippen molar-refractivity contribution >= 4 is 29.5 Å². The fourth-order valence-corrected chi connectivity index (χ4v) is 2.97. The van der Waals surface area contributed by atoms with Gasteiger partial charge in [-0.2, -0.15) is 4.68 Å². The molecule has 0 amide bonds. The first-order valence-corrected chi connectivity index (χ1v) is 8.56. The van der Waals surface area contributed by atoms with Gasteiger partial charge in [0.2, 0.25) is 5.16 Å². The molecule has 0 aliphatic carbocycles. The minimum Gasteiger partial charge on any atom is -0.478 e. The van der Waals surface area contributed by atoms with E-state index in [4.69, 9.17) is 10.2 Å².